The van der Waals surface area contributed by atoms with Gasteiger partial charge in [-0.25, -0.2) is 4.79 Å². The highest BCUT2D eigenvalue weighted by Gasteiger charge is 2.10. The number of benzene rings is 1. The van der Waals surface area contributed by atoms with Gasteiger partial charge in [-0.15, -0.1) is 0 Å². The van der Waals surface area contributed by atoms with Crippen LogP contribution in [0.5, 0.6) is 0 Å². The molecule has 2 amide bonds. The van der Waals surface area contributed by atoms with Crippen LogP contribution in [-0.4, -0.2) is 12.1 Å². The molecule has 4 heteroatoms. The molecule has 0 aliphatic carbocycles. The van der Waals surface area contributed by atoms with Crippen LogP contribution < -0.4 is 16.4 Å². The van der Waals surface area contributed by atoms with E-state index in [1.165, 1.54) is 0 Å². The minimum atomic E-state index is -0.176. The van der Waals surface area contributed by atoms with Crippen LogP contribution in [0.3, 0.4) is 0 Å². The number of urea groups is 1. The molecule has 0 saturated carbocycles. The number of nitrogens with two attached hydrogens (primary N) is 1. The number of amides is 2. The van der Waals surface area contributed by atoms with Gasteiger partial charge in [0.05, 0.1) is 0 Å². The summed E-state index contributed by atoms with van der Waals surface area (Å²) in [6.07, 6.45) is 0. The highest BCUT2D eigenvalue weighted by molar-refractivity contribution is 5.89. The fourth-order valence-electron chi connectivity index (χ4n) is 1.41. The maximum atomic E-state index is 11.7. The van der Waals surface area contributed by atoms with E-state index < -0.39 is 0 Å². The zero-order valence-corrected chi connectivity index (χ0v) is 11.5. The van der Waals surface area contributed by atoms with Crippen LogP contribution in [-0.2, 0) is 0 Å². The van der Waals surface area contributed by atoms with Crippen molar-refractivity contribution in [2.24, 2.45) is 11.7 Å². The molecule has 1 rings (SSSR count). The SMILES string of the molecule is CC(N)c1ccc(NC(=O)NC(C)C(C)C)cc1. The summed E-state index contributed by atoms with van der Waals surface area (Å²) in [7, 11) is 0. The first-order chi connectivity index (χ1) is 8.40. The first kappa shape index (κ1) is 14.5. The number of nitrogens with one attached hydrogen (secondary N) is 2. The van der Waals surface area contributed by atoms with Crippen LogP contribution in [0, 0.1) is 5.92 Å². The van der Waals surface area contributed by atoms with Crippen molar-refractivity contribution in [3.63, 3.8) is 0 Å². The number of rotatable bonds is 4. The number of carbonyl (C=O) groups is 1. The van der Waals surface area contributed by atoms with Gasteiger partial charge >= 0.3 is 6.03 Å². The van der Waals surface area contributed by atoms with Gasteiger partial charge in [0.2, 0.25) is 0 Å². The molecule has 0 bridgehead atoms. The van der Waals surface area contributed by atoms with Crippen molar-refractivity contribution in [2.45, 2.75) is 39.8 Å². The summed E-state index contributed by atoms with van der Waals surface area (Å²) in [5.41, 5.74) is 7.59. The summed E-state index contributed by atoms with van der Waals surface area (Å²) in [6.45, 7) is 8.06. The third-order valence-electron chi connectivity index (χ3n) is 3.05. The molecular formula is C14H23N3O. The molecule has 100 valence electrons. The van der Waals surface area contributed by atoms with Gasteiger partial charge in [-0.05, 0) is 37.5 Å². The molecule has 0 fully saturated rings. The molecule has 0 radical (unpaired) electrons. The average molecular weight is 249 g/mol. The molecule has 0 aliphatic heterocycles. The monoisotopic (exact) mass is 249 g/mol. The van der Waals surface area contributed by atoms with Crippen LogP contribution in [0.15, 0.2) is 24.3 Å². The minimum Gasteiger partial charge on any atom is -0.335 e. The van der Waals surface area contributed by atoms with Gasteiger partial charge in [0.15, 0.2) is 0 Å². The normalized spacial score (nSPS) is 14.1. The van der Waals surface area contributed by atoms with E-state index in [1.807, 2.05) is 38.1 Å². The quantitative estimate of drug-likeness (QED) is 0.768. The molecule has 4 N–H and O–H groups in total. The zero-order valence-electron chi connectivity index (χ0n) is 11.5. The van der Waals surface area contributed by atoms with E-state index in [-0.39, 0.29) is 18.1 Å². The first-order valence-electron chi connectivity index (χ1n) is 6.33. The molecule has 0 aromatic heterocycles. The zero-order chi connectivity index (χ0) is 13.7. The fourth-order valence-corrected chi connectivity index (χ4v) is 1.41. The second-order valence-corrected chi connectivity index (χ2v) is 5.04. The lowest BCUT2D eigenvalue weighted by Crippen LogP contribution is -2.38. The van der Waals surface area contributed by atoms with Crippen molar-refractivity contribution in [2.75, 3.05) is 5.32 Å². The second kappa shape index (κ2) is 6.40. The Balaban J connectivity index is 2.54. The van der Waals surface area contributed by atoms with Crippen LogP contribution in [0.4, 0.5) is 10.5 Å². The van der Waals surface area contributed by atoms with Crippen molar-refractivity contribution in [3.8, 4) is 0 Å². The van der Waals surface area contributed by atoms with Crippen molar-refractivity contribution in [1.82, 2.24) is 5.32 Å². The molecule has 0 heterocycles. The first-order valence-corrected chi connectivity index (χ1v) is 6.33. The summed E-state index contributed by atoms with van der Waals surface area (Å²) in [5.74, 6) is 0.413. The van der Waals surface area contributed by atoms with Crippen molar-refractivity contribution < 1.29 is 4.79 Å². The van der Waals surface area contributed by atoms with Crippen LogP contribution in [0.2, 0.25) is 0 Å². The van der Waals surface area contributed by atoms with E-state index >= 15 is 0 Å². The Kier molecular flexibility index (Phi) is 5.16. The largest absolute Gasteiger partial charge is 0.335 e. The van der Waals surface area contributed by atoms with E-state index in [2.05, 4.69) is 24.5 Å². The van der Waals surface area contributed by atoms with Crippen molar-refractivity contribution in [1.29, 1.82) is 0 Å². The molecule has 2 unspecified atom stereocenters. The summed E-state index contributed by atoms with van der Waals surface area (Å²) in [6, 6.07) is 7.54. The van der Waals surface area contributed by atoms with Gasteiger partial charge in [-0.1, -0.05) is 26.0 Å². The number of hydrogen-bond donors (Lipinski definition) is 3. The standard InChI is InChI=1S/C14H23N3O/c1-9(2)11(4)16-14(18)17-13-7-5-12(6-8-13)10(3)15/h5-11H,15H2,1-4H3,(H2,16,17,18). The van der Waals surface area contributed by atoms with Gasteiger partial charge in [-0.2, -0.15) is 0 Å². The topological polar surface area (TPSA) is 67.1 Å². The Morgan fingerprint density at radius 1 is 1.11 bits per heavy atom. The maximum Gasteiger partial charge on any atom is 0.319 e. The van der Waals surface area contributed by atoms with E-state index in [1.54, 1.807) is 0 Å². The average Bonchev–Trinajstić information content (AvgIpc) is 2.29. The van der Waals surface area contributed by atoms with Gasteiger partial charge in [0, 0.05) is 17.8 Å². The highest BCUT2D eigenvalue weighted by Crippen LogP contribution is 2.14. The lowest BCUT2D eigenvalue weighted by Gasteiger charge is -2.18. The smallest absolute Gasteiger partial charge is 0.319 e. The lowest BCUT2D eigenvalue weighted by atomic mass is 10.1. The second-order valence-electron chi connectivity index (χ2n) is 5.04. The van der Waals surface area contributed by atoms with E-state index in [9.17, 15) is 4.79 Å². The highest BCUT2D eigenvalue weighted by atomic mass is 16.2. The molecule has 1 aromatic rings. The lowest BCUT2D eigenvalue weighted by molar-refractivity contribution is 0.246. The van der Waals surface area contributed by atoms with Gasteiger partial charge in [-0.3, -0.25) is 0 Å². The predicted molar refractivity (Wildman–Crippen MR) is 75.5 cm³/mol. The molecule has 0 aliphatic rings. The Labute approximate surface area is 109 Å². The number of hydrogen-bond acceptors (Lipinski definition) is 2. The van der Waals surface area contributed by atoms with Crippen molar-refractivity contribution in [3.05, 3.63) is 29.8 Å². The molecule has 18 heavy (non-hydrogen) atoms. The third-order valence-corrected chi connectivity index (χ3v) is 3.05. The summed E-state index contributed by atoms with van der Waals surface area (Å²) in [4.78, 5) is 11.7. The molecular weight excluding hydrogens is 226 g/mol. The van der Waals surface area contributed by atoms with E-state index in [0.717, 1.165) is 11.3 Å². The minimum absolute atomic E-state index is 0.00818. The summed E-state index contributed by atoms with van der Waals surface area (Å²) < 4.78 is 0. The Morgan fingerprint density at radius 3 is 2.11 bits per heavy atom. The molecule has 1 aromatic carbocycles. The van der Waals surface area contributed by atoms with Gasteiger partial charge in [0.1, 0.15) is 0 Å². The molecule has 4 nitrogen and oxygen atoms in total. The summed E-state index contributed by atoms with van der Waals surface area (Å²) >= 11 is 0. The van der Waals surface area contributed by atoms with Crippen LogP contribution in [0.1, 0.15) is 39.3 Å². The van der Waals surface area contributed by atoms with Crippen LogP contribution in [0.25, 0.3) is 0 Å². The molecule has 0 spiro atoms. The Hall–Kier alpha value is -1.55. The Morgan fingerprint density at radius 2 is 1.67 bits per heavy atom. The van der Waals surface area contributed by atoms with E-state index in [4.69, 9.17) is 5.73 Å². The fraction of sp³-hybridized carbons (Fsp3) is 0.500. The molecule has 0 saturated heterocycles. The number of carbonyl (C=O) groups excluding carboxylic acids is 1. The third kappa shape index (κ3) is 4.37. The van der Waals surface area contributed by atoms with Gasteiger partial charge < -0.3 is 16.4 Å². The van der Waals surface area contributed by atoms with Gasteiger partial charge in [0.25, 0.3) is 0 Å². The Bertz CT molecular complexity index is 385. The number of anilines is 1. The maximum absolute atomic E-state index is 11.7. The summed E-state index contributed by atoms with van der Waals surface area (Å²) in [5, 5.41) is 5.69. The molecule has 2 atom stereocenters. The van der Waals surface area contributed by atoms with Crippen molar-refractivity contribution >= 4 is 11.7 Å². The van der Waals surface area contributed by atoms with Crippen LogP contribution >= 0.6 is 0 Å². The predicted octanol–water partition coefficient (Wildman–Crippen LogP) is 2.87. The van der Waals surface area contributed by atoms with E-state index in [0.29, 0.717) is 5.92 Å².